The average Bonchev–Trinajstić information content (AvgIpc) is 2.36. The molecule has 98 valence electrons. The van der Waals surface area contributed by atoms with Crippen LogP contribution in [0.2, 0.25) is 0 Å². The van der Waals surface area contributed by atoms with Gasteiger partial charge in [0.25, 0.3) is 5.91 Å². The fourth-order valence-corrected chi connectivity index (χ4v) is 2.35. The molecule has 1 saturated carbocycles. The van der Waals surface area contributed by atoms with Gasteiger partial charge in [0.2, 0.25) is 0 Å². The highest BCUT2D eigenvalue weighted by Gasteiger charge is 2.17. The summed E-state index contributed by atoms with van der Waals surface area (Å²) in [7, 11) is 0. The first kappa shape index (κ1) is 12.9. The summed E-state index contributed by atoms with van der Waals surface area (Å²) in [6.07, 6.45) is 5.55. The lowest BCUT2D eigenvalue weighted by atomic mass is 9.95. The van der Waals surface area contributed by atoms with Gasteiger partial charge in [-0.25, -0.2) is 4.39 Å². The van der Waals surface area contributed by atoms with Crippen LogP contribution in [0, 0.1) is 12.7 Å². The highest BCUT2D eigenvalue weighted by molar-refractivity contribution is 5.95. The summed E-state index contributed by atoms with van der Waals surface area (Å²) in [6, 6.07) is 3.01. The molecule has 3 nitrogen and oxygen atoms in total. The van der Waals surface area contributed by atoms with Crippen LogP contribution in [0.3, 0.4) is 0 Å². The zero-order chi connectivity index (χ0) is 13.1. The molecule has 3 N–H and O–H groups in total. The molecule has 0 atom stereocenters. The van der Waals surface area contributed by atoms with Crippen molar-refractivity contribution in [2.24, 2.45) is 0 Å². The van der Waals surface area contributed by atoms with Gasteiger partial charge in [0.05, 0.1) is 0 Å². The molecule has 1 aliphatic rings. The van der Waals surface area contributed by atoms with Crippen molar-refractivity contribution in [1.82, 2.24) is 5.32 Å². The highest BCUT2D eigenvalue weighted by atomic mass is 19.1. The second kappa shape index (κ2) is 5.38. The molecule has 0 saturated heterocycles. The Kier molecular flexibility index (Phi) is 3.84. The minimum Gasteiger partial charge on any atom is -0.398 e. The number of nitrogen functional groups attached to an aromatic ring is 1. The Balaban J connectivity index is 2.08. The first-order valence-electron chi connectivity index (χ1n) is 6.44. The van der Waals surface area contributed by atoms with E-state index in [1.807, 2.05) is 0 Å². The standard InChI is InChI=1S/C14H19FN2O/c1-9-12(15)7-10(8-13(9)16)14(18)17-11-5-3-2-4-6-11/h7-8,11H,2-6,16H2,1H3,(H,17,18). The molecule has 1 aromatic carbocycles. The number of benzene rings is 1. The predicted molar refractivity (Wildman–Crippen MR) is 69.9 cm³/mol. The molecular formula is C14H19FN2O. The maximum atomic E-state index is 13.5. The van der Waals surface area contributed by atoms with Crippen molar-refractivity contribution >= 4 is 11.6 Å². The van der Waals surface area contributed by atoms with Gasteiger partial charge in [0.1, 0.15) is 5.82 Å². The number of anilines is 1. The third kappa shape index (κ3) is 2.81. The van der Waals surface area contributed by atoms with Crippen LogP contribution in [0.15, 0.2) is 12.1 Å². The molecule has 4 heteroatoms. The number of nitrogens with two attached hydrogens (primary N) is 1. The fourth-order valence-electron chi connectivity index (χ4n) is 2.35. The second-order valence-corrected chi connectivity index (χ2v) is 4.98. The minimum absolute atomic E-state index is 0.219. The van der Waals surface area contributed by atoms with Gasteiger partial charge in [-0.2, -0.15) is 0 Å². The summed E-state index contributed by atoms with van der Waals surface area (Å²) >= 11 is 0. The van der Waals surface area contributed by atoms with Gasteiger partial charge < -0.3 is 11.1 Å². The summed E-state index contributed by atoms with van der Waals surface area (Å²) in [5.41, 5.74) is 6.69. The lowest BCUT2D eigenvalue weighted by Crippen LogP contribution is -2.36. The van der Waals surface area contributed by atoms with Crippen LogP contribution in [-0.2, 0) is 0 Å². The number of nitrogens with one attached hydrogen (secondary N) is 1. The molecule has 0 aromatic heterocycles. The number of carbonyl (C=O) groups is 1. The van der Waals surface area contributed by atoms with Crippen LogP contribution in [0.4, 0.5) is 10.1 Å². The van der Waals surface area contributed by atoms with Crippen molar-refractivity contribution in [2.75, 3.05) is 5.73 Å². The van der Waals surface area contributed by atoms with Gasteiger partial charge in [-0.3, -0.25) is 4.79 Å². The number of halogens is 1. The Hall–Kier alpha value is -1.58. The van der Waals surface area contributed by atoms with Gasteiger partial charge >= 0.3 is 0 Å². The topological polar surface area (TPSA) is 55.1 Å². The molecule has 0 aliphatic heterocycles. The average molecular weight is 250 g/mol. The van der Waals surface area contributed by atoms with E-state index < -0.39 is 5.82 Å². The van der Waals surface area contributed by atoms with Crippen LogP contribution in [0.1, 0.15) is 48.0 Å². The SMILES string of the molecule is Cc1c(N)cc(C(=O)NC2CCCCC2)cc1F. The molecule has 1 fully saturated rings. The number of rotatable bonds is 2. The van der Waals surface area contributed by atoms with Gasteiger partial charge in [0, 0.05) is 22.9 Å². The van der Waals surface area contributed by atoms with E-state index in [0.717, 1.165) is 25.7 Å². The lowest BCUT2D eigenvalue weighted by molar-refractivity contribution is 0.0927. The number of hydrogen-bond donors (Lipinski definition) is 2. The first-order chi connectivity index (χ1) is 8.58. The third-order valence-corrected chi connectivity index (χ3v) is 3.59. The van der Waals surface area contributed by atoms with Crippen LogP contribution >= 0.6 is 0 Å². The Morgan fingerprint density at radius 3 is 2.61 bits per heavy atom. The predicted octanol–water partition coefficient (Wildman–Crippen LogP) is 2.78. The maximum Gasteiger partial charge on any atom is 0.251 e. The Bertz CT molecular complexity index is 430. The Morgan fingerprint density at radius 2 is 2.00 bits per heavy atom. The van der Waals surface area contributed by atoms with E-state index in [-0.39, 0.29) is 11.9 Å². The van der Waals surface area contributed by atoms with Crippen molar-refractivity contribution < 1.29 is 9.18 Å². The largest absolute Gasteiger partial charge is 0.398 e. The molecule has 1 aromatic rings. The van der Waals surface area contributed by atoms with Crippen LogP contribution in [-0.4, -0.2) is 11.9 Å². The van der Waals surface area contributed by atoms with Gasteiger partial charge in [0.15, 0.2) is 0 Å². The molecule has 2 rings (SSSR count). The van der Waals surface area contributed by atoms with E-state index in [4.69, 9.17) is 5.73 Å². The highest BCUT2D eigenvalue weighted by Crippen LogP contribution is 2.20. The molecule has 0 spiro atoms. The minimum atomic E-state index is -0.427. The smallest absolute Gasteiger partial charge is 0.251 e. The molecule has 0 heterocycles. The third-order valence-electron chi connectivity index (χ3n) is 3.59. The number of carbonyl (C=O) groups excluding carboxylic acids is 1. The Morgan fingerprint density at radius 1 is 1.33 bits per heavy atom. The molecular weight excluding hydrogens is 231 g/mol. The van der Waals surface area contributed by atoms with E-state index in [1.165, 1.54) is 18.6 Å². The van der Waals surface area contributed by atoms with E-state index in [1.54, 1.807) is 6.92 Å². The quantitative estimate of drug-likeness (QED) is 0.793. The summed E-state index contributed by atoms with van der Waals surface area (Å²) in [5.74, 6) is -0.656. The number of amides is 1. The molecule has 0 bridgehead atoms. The van der Waals surface area contributed by atoms with Crippen molar-refractivity contribution in [3.8, 4) is 0 Å². The summed E-state index contributed by atoms with van der Waals surface area (Å²) in [5, 5.41) is 2.95. The fraction of sp³-hybridized carbons (Fsp3) is 0.500. The zero-order valence-electron chi connectivity index (χ0n) is 10.6. The lowest BCUT2D eigenvalue weighted by Gasteiger charge is -2.22. The first-order valence-corrected chi connectivity index (χ1v) is 6.44. The molecule has 1 aliphatic carbocycles. The van der Waals surface area contributed by atoms with Gasteiger partial charge in [-0.15, -0.1) is 0 Å². The molecule has 1 amide bonds. The van der Waals surface area contributed by atoms with Gasteiger partial charge in [-0.1, -0.05) is 19.3 Å². The van der Waals surface area contributed by atoms with Crippen molar-refractivity contribution in [3.63, 3.8) is 0 Å². The second-order valence-electron chi connectivity index (χ2n) is 4.98. The van der Waals surface area contributed by atoms with Crippen molar-refractivity contribution in [1.29, 1.82) is 0 Å². The maximum absolute atomic E-state index is 13.5. The van der Waals surface area contributed by atoms with E-state index >= 15 is 0 Å². The zero-order valence-corrected chi connectivity index (χ0v) is 10.6. The van der Waals surface area contributed by atoms with Crippen LogP contribution in [0.5, 0.6) is 0 Å². The van der Waals surface area contributed by atoms with E-state index in [9.17, 15) is 9.18 Å². The molecule has 0 unspecified atom stereocenters. The van der Waals surface area contributed by atoms with E-state index in [2.05, 4.69) is 5.32 Å². The monoisotopic (exact) mass is 250 g/mol. The number of hydrogen-bond acceptors (Lipinski definition) is 2. The normalized spacial score (nSPS) is 16.6. The molecule has 18 heavy (non-hydrogen) atoms. The van der Waals surface area contributed by atoms with E-state index in [0.29, 0.717) is 16.8 Å². The summed E-state index contributed by atoms with van der Waals surface area (Å²) in [6.45, 7) is 1.60. The van der Waals surface area contributed by atoms with Crippen molar-refractivity contribution in [3.05, 3.63) is 29.1 Å². The molecule has 0 radical (unpaired) electrons. The van der Waals surface area contributed by atoms with Crippen LogP contribution in [0.25, 0.3) is 0 Å². The van der Waals surface area contributed by atoms with Gasteiger partial charge in [-0.05, 0) is 31.9 Å². The summed E-state index contributed by atoms with van der Waals surface area (Å²) < 4.78 is 13.5. The summed E-state index contributed by atoms with van der Waals surface area (Å²) in [4.78, 5) is 12.0. The van der Waals surface area contributed by atoms with Crippen LogP contribution < -0.4 is 11.1 Å². The Labute approximate surface area is 107 Å². The van der Waals surface area contributed by atoms with Crippen molar-refractivity contribution in [2.45, 2.75) is 45.1 Å².